The normalized spacial score (nSPS) is 10.1. The third-order valence-corrected chi connectivity index (χ3v) is 2.38. The highest BCUT2D eigenvalue weighted by molar-refractivity contribution is 6.06. The summed E-state index contributed by atoms with van der Waals surface area (Å²) in [6.45, 7) is 1.81. The molecule has 3 N–H and O–H groups in total. The Kier molecular flexibility index (Phi) is 3.14. The van der Waals surface area contributed by atoms with Gasteiger partial charge in [-0.25, -0.2) is 0 Å². The van der Waals surface area contributed by atoms with Gasteiger partial charge in [0.05, 0.1) is 5.56 Å². The third-order valence-electron chi connectivity index (χ3n) is 2.38. The number of pyridine rings is 1. The number of nitrogens with one attached hydrogen (secondary N) is 1. The Morgan fingerprint density at radius 2 is 2.00 bits per heavy atom. The number of phenols is 2. The predicted molar refractivity (Wildman–Crippen MR) is 66.7 cm³/mol. The maximum Gasteiger partial charge on any atom is 0.259 e. The van der Waals surface area contributed by atoms with Gasteiger partial charge in [-0.1, -0.05) is 0 Å². The van der Waals surface area contributed by atoms with E-state index in [9.17, 15) is 9.90 Å². The number of carbonyl (C=O) groups is 1. The molecule has 0 radical (unpaired) electrons. The minimum absolute atomic E-state index is 0.0937. The molecule has 1 aromatic heterocycles. The summed E-state index contributed by atoms with van der Waals surface area (Å²) in [6.07, 6.45) is 1.58. The summed E-state index contributed by atoms with van der Waals surface area (Å²) < 4.78 is 0. The van der Waals surface area contributed by atoms with Crippen LogP contribution in [0.25, 0.3) is 0 Å². The van der Waals surface area contributed by atoms with Gasteiger partial charge < -0.3 is 15.5 Å². The van der Waals surface area contributed by atoms with Crippen molar-refractivity contribution in [2.75, 3.05) is 5.32 Å². The van der Waals surface area contributed by atoms with Gasteiger partial charge in [0.15, 0.2) is 0 Å². The van der Waals surface area contributed by atoms with Crippen LogP contribution < -0.4 is 5.32 Å². The van der Waals surface area contributed by atoms with Crippen molar-refractivity contribution in [3.63, 3.8) is 0 Å². The lowest BCUT2D eigenvalue weighted by Crippen LogP contribution is -2.12. The van der Waals surface area contributed by atoms with Crippen LogP contribution in [0.4, 0.5) is 5.69 Å². The second kappa shape index (κ2) is 4.75. The van der Waals surface area contributed by atoms with Gasteiger partial charge in [0.2, 0.25) is 0 Å². The molecule has 0 aliphatic rings. The van der Waals surface area contributed by atoms with Crippen molar-refractivity contribution in [3.05, 3.63) is 47.8 Å². The van der Waals surface area contributed by atoms with Crippen molar-refractivity contribution >= 4 is 11.6 Å². The fourth-order valence-electron chi connectivity index (χ4n) is 1.53. The molecule has 0 saturated heterocycles. The van der Waals surface area contributed by atoms with E-state index in [1.54, 1.807) is 18.3 Å². The molecule has 0 saturated carbocycles. The molecule has 5 nitrogen and oxygen atoms in total. The average Bonchev–Trinajstić information content (AvgIpc) is 2.28. The Morgan fingerprint density at radius 3 is 2.67 bits per heavy atom. The third kappa shape index (κ3) is 2.57. The summed E-state index contributed by atoms with van der Waals surface area (Å²) in [6, 6.07) is 7.19. The second-order valence-corrected chi connectivity index (χ2v) is 3.84. The molecule has 5 heteroatoms. The Bertz CT molecular complexity index is 597. The largest absolute Gasteiger partial charge is 0.508 e. The number of aryl methyl sites for hydroxylation is 1. The van der Waals surface area contributed by atoms with Crippen LogP contribution in [0, 0.1) is 6.92 Å². The van der Waals surface area contributed by atoms with Crippen molar-refractivity contribution in [1.29, 1.82) is 0 Å². The van der Waals surface area contributed by atoms with E-state index in [0.717, 1.165) is 11.8 Å². The summed E-state index contributed by atoms with van der Waals surface area (Å²) in [5.74, 6) is -0.805. The smallest absolute Gasteiger partial charge is 0.259 e. The van der Waals surface area contributed by atoms with Gasteiger partial charge in [-0.05, 0) is 31.2 Å². The number of nitrogens with zero attached hydrogens (tertiary/aromatic N) is 1. The molecule has 0 atom stereocenters. The first kappa shape index (κ1) is 11.9. The molecule has 0 aliphatic heterocycles. The molecule has 1 amide bonds. The zero-order chi connectivity index (χ0) is 13.1. The monoisotopic (exact) mass is 244 g/mol. The molecule has 2 aromatic rings. The van der Waals surface area contributed by atoms with Crippen molar-refractivity contribution in [2.45, 2.75) is 6.92 Å². The van der Waals surface area contributed by atoms with Gasteiger partial charge in [0.1, 0.15) is 11.5 Å². The first-order valence-corrected chi connectivity index (χ1v) is 5.32. The zero-order valence-corrected chi connectivity index (χ0v) is 9.71. The van der Waals surface area contributed by atoms with E-state index in [0.29, 0.717) is 5.69 Å². The molecule has 0 spiro atoms. The number of aromatic nitrogens is 1. The van der Waals surface area contributed by atoms with E-state index < -0.39 is 5.91 Å². The molecule has 92 valence electrons. The van der Waals surface area contributed by atoms with Gasteiger partial charge in [0, 0.05) is 23.6 Å². The molecular weight excluding hydrogens is 232 g/mol. The molecule has 0 unspecified atom stereocenters. The van der Waals surface area contributed by atoms with Crippen molar-refractivity contribution in [2.24, 2.45) is 0 Å². The zero-order valence-electron chi connectivity index (χ0n) is 9.71. The van der Waals surface area contributed by atoms with E-state index in [2.05, 4.69) is 10.3 Å². The highest BCUT2D eigenvalue weighted by Gasteiger charge is 2.11. The number of amides is 1. The SMILES string of the molecule is Cc1cc(NC(=O)c2ccc(O)cc2O)ccn1. The molecule has 0 bridgehead atoms. The number of benzene rings is 1. The van der Waals surface area contributed by atoms with Crippen LogP contribution in [-0.4, -0.2) is 21.1 Å². The van der Waals surface area contributed by atoms with Crippen LogP contribution >= 0.6 is 0 Å². The van der Waals surface area contributed by atoms with Gasteiger partial charge in [-0.2, -0.15) is 0 Å². The van der Waals surface area contributed by atoms with Crippen molar-refractivity contribution in [3.8, 4) is 11.5 Å². The van der Waals surface area contributed by atoms with Crippen LogP contribution in [0.2, 0.25) is 0 Å². The van der Waals surface area contributed by atoms with Crippen LogP contribution in [0.15, 0.2) is 36.5 Å². The molecule has 2 rings (SSSR count). The molecule has 0 aliphatic carbocycles. The molecular formula is C13H12N2O3. The maximum absolute atomic E-state index is 11.9. The van der Waals surface area contributed by atoms with Gasteiger partial charge in [-0.3, -0.25) is 9.78 Å². The fraction of sp³-hybridized carbons (Fsp3) is 0.0769. The predicted octanol–water partition coefficient (Wildman–Crippen LogP) is 2.05. The summed E-state index contributed by atoms with van der Waals surface area (Å²) >= 11 is 0. The summed E-state index contributed by atoms with van der Waals surface area (Å²) in [7, 11) is 0. The highest BCUT2D eigenvalue weighted by Crippen LogP contribution is 2.23. The lowest BCUT2D eigenvalue weighted by atomic mass is 10.1. The minimum atomic E-state index is -0.446. The lowest BCUT2D eigenvalue weighted by Gasteiger charge is -2.07. The van der Waals surface area contributed by atoms with Gasteiger partial charge >= 0.3 is 0 Å². The van der Waals surface area contributed by atoms with Gasteiger partial charge in [0.25, 0.3) is 5.91 Å². The Labute approximate surface area is 104 Å². The van der Waals surface area contributed by atoms with Crippen molar-refractivity contribution in [1.82, 2.24) is 4.98 Å². The number of hydrogen-bond acceptors (Lipinski definition) is 4. The summed E-state index contributed by atoms with van der Waals surface area (Å²) in [4.78, 5) is 15.9. The maximum atomic E-state index is 11.9. The van der Waals surface area contributed by atoms with Crippen LogP contribution in [0.3, 0.4) is 0 Å². The van der Waals surface area contributed by atoms with Crippen LogP contribution in [0.1, 0.15) is 16.1 Å². The number of phenolic OH excluding ortho intramolecular Hbond substituents is 2. The molecule has 18 heavy (non-hydrogen) atoms. The average molecular weight is 244 g/mol. The van der Waals surface area contributed by atoms with Gasteiger partial charge in [-0.15, -0.1) is 0 Å². The quantitative estimate of drug-likeness (QED) is 0.755. The first-order chi connectivity index (χ1) is 8.56. The lowest BCUT2D eigenvalue weighted by molar-refractivity contribution is 0.102. The minimum Gasteiger partial charge on any atom is -0.508 e. The highest BCUT2D eigenvalue weighted by atomic mass is 16.3. The standard InChI is InChI=1S/C13H12N2O3/c1-8-6-9(4-5-14-8)15-13(18)11-3-2-10(16)7-12(11)17/h2-7,16-17H,1H3,(H,14,15,18). The second-order valence-electron chi connectivity index (χ2n) is 3.84. The van der Waals surface area contributed by atoms with Crippen LogP contribution in [0.5, 0.6) is 11.5 Å². The summed E-state index contributed by atoms with van der Waals surface area (Å²) in [5.41, 5.74) is 1.48. The Hall–Kier alpha value is -2.56. The molecule has 1 heterocycles. The number of anilines is 1. The van der Waals surface area contributed by atoms with Crippen molar-refractivity contribution < 1.29 is 15.0 Å². The van der Waals surface area contributed by atoms with Crippen LogP contribution in [-0.2, 0) is 0 Å². The van der Waals surface area contributed by atoms with E-state index in [1.807, 2.05) is 6.92 Å². The Balaban J connectivity index is 2.22. The van der Waals surface area contributed by atoms with E-state index in [-0.39, 0.29) is 17.1 Å². The topological polar surface area (TPSA) is 82.5 Å². The summed E-state index contributed by atoms with van der Waals surface area (Å²) in [5, 5.41) is 21.3. The number of hydrogen-bond donors (Lipinski definition) is 3. The number of carbonyl (C=O) groups excluding carboxylic acids is 1. The van der Waals surface area contributed by atoms with E-state index >= 15 is 0 Å². The number of rotatable bonds is 2. The van der Waals surface area contributed by atoms with E-state index in [4.69, 9.17) is 5.11 Å². The fourth-order valence-corrected chi connectivity index (χ4v) is 1.53. The Morgan fingerprint density at radius 1 is 1.22 bits per heavy atom. The number of aromatic hydroxyl groups is 2. The molecule has 1 aromatic carbocycles. The van der Waals surface area contributed by atoms with E-state index in [1.165, 1.54) is 12.1 Å². The first-order valence-electron chi connectivity index (χ1n) is 5.32. The molecule has 0 fully saturated rings.